The van der Waals surface area contributed by atoms with E-state index in [2.05, 4.69) is 75.7 Å². The molecule has 0 spiro atoms. The summed E-state index contributed by atoms with van der Waals surface area (Å²) in [5.41, 5.74) is 4.24. The molecule has 1 saturated carbocycles. The molecule has 5 nitrogen and oxygen atoms in total. The first-order chi connectivity index (χ1) is 16.4. The topological polar surface area (TPSA) is 56.1 Å². The predicted octanol–water partition coefficient (Wildman–Crippen LogP) is 7.54. The zero-order valence-electron chi connectivity index (χ0n) is 22.0. The number of hydrogen-bond acceptors (Lipinski definition) is 4. The molecule has 0 aliphatic heterocycles. The average molecular weight is 480 g/mol. The van der Waals surface area contributed by atoms with E-state index in [1.807, 2.05) is 0 Å². The fourth-order valence-electron chi connectivity index (χ4n) is 6.03. The van der Waals surface area contributed by atoms with Crippen molar-refractivity contribution in [2.75, 3.05) is 12.4 Å². The average Bonchev–Trinajstić information content (AvgIpc) is 3.08. The van der Waals surface area contributed by atoms with Crippen molar-refractivity contribution in [2.45, 2.75) is 79.2 Å². The Bertz CT molecular complexity index is 1210. The molecule has 6 heteroatoms. The van der Waals surface area contributed by atoms with Crippen molar-refractivity contribution in [3.8, 4) is 0 Å². The first kappa shape index (κ1) is 25.2. The van der Waals surface area contributed by atoms with Gasteiger partial charge in [-0.25, -0.2) is 9.37 Å². The van der Waals surface area contributed by atoms with Crippen LogP contribution in [0.1, 0.15) is 83.9 Å². The van der Waals surface area contributed by atoms with Gasteiger partial charge in [0.1, 0.15) is 5.82 Å². The maximum atomic E-state index is 15.2. The number of halogens is 1. The summed E-state index contributed by atoms with van der Waals surface area (Å²) in [7, 11) is 1.31. The van der Waals surface area contributed by atoms with Gasteiger partial charge in [0.15, 0.2) is 0 Å². The largest absolute Gasteiger partial charge is 0.469 e. The van der Waals surface area contributed by atoms with Crippen LogP contribution in [0.4, 0.5) is 16.0 Å². The Morgan fingerprint density at radius 2 is 1.77 bits per heavy atom. The number of ether oxygens (including phenoxy) is 1. The Balaban J connectivity index is 1.82. The number of methoxy groups -OCH3 is 1. The lowest BCUT2D eigenvalue weighted by Gasteiger charge is -2.45. The van der Waals surface area contributed by atoms with Crippen LogP contribution in [-0.2, 0) is 16.0 Å². The molecule has 1 fully saturated rings. The van der Waals surface area contributed by atoms with Crippen molar-refractivity contribution in [3.63, 3.8) is 0 Å². The van der Waals surface area contributed by atoms with Crippen molar-refractivity contribution in [3.05, 3.63) is 53.3 Å². The van der Waals surface area contributed by atoms with E-state index < -0.39 is 11.8 Å². The van der Waals surface area contributed by atoms with E-state index in [4.69, 9.17) is 9.72 Å². The summed E-state index contributed by atoms with van der Waals surface area (Å²) in [4.78, 5) is 16.7. The first-order valence-corrected chi connectivity index (χ1v) is 12.5. The molecule has 0 unspecified atom stereocenters. The van der Waals surface area contributed by atoms with Gasteiger partial charge in [-0.1, -0.05) is 53.7 Å². The van der Waals surface area contributed by atoms with Gasteiger partial charge in [-0.2, -0.15) is 0 Å². The molecule has 0 atom stereocenters. The molecule has 188 valence electrons. The molecule has 35 heavy (non-hydrogen) atoms. The van der Waals surface area contributed by atoms with Gasteiger partial charge < -0.3 is 14.6 Å². The molecule has 1 aliphatic rings. The summed E-state index contributed by atoms with van der Waals surface area (Å²) < 4.78 is 22.1. The van der Waals surface area contributed by atoms with E-state index in [9.17, 15) is 4.79 Å². The van der Waals surface area contributed by atoms with Crippen LogP contribution in [0.5, 0.6) is 0 Å². The Kier molecular flexibility index (Phi) is 6.69. The third kappa shape index (κ3) is 5.52. The van der Waals surface area contributed by atoms with Crippen molar-refractivity contribution >= 4 is 28.6 Å². The number of anilines is 2. The smallest absolute Gasteiger partial charge is 0.310 e. The van der Waals surface area contributed by atoms with Crippen LogP contribution < -0.4 is 5.32 Å². The van der Waals surface area contributed by atoms with Crippen LogP contribution in [0.2, 0.25) is 0 Å². The molecule has 1 aromatic heterocycles. The minimum atomic E-state index is -0.470. The highest BCUT2D eigenvalue weighted by molar-refractivity contribution is 5.82. The van der Waals surface area contributed by atoms with Crippen LogP contribution in [0, 0.1) is 16.6 Å². The molecular formula is C29H38FN3O2. The monoisotopic (exact) mass is 479 g/mol. The predicted molar refractivity (Wildman–Crippen MR) is 140 cm³/mol. The van der Waals surface area contributed by atoms with Gasteiger partial charge in [-0.15, -0.1) is 0 Å². The number of nitrogens with zero attached hydrogens (tertiary/aromatic N) is 2. The molecular weight excluding hydrogens is 441 g/mol. The zero-order valence-corrected chi connectivity index (χ0v) is 22.0. The highest BCUT2D eigenvalue weighted by Gasteiger charge is 2.40. The van der Waals surface area contributed by atoms with Crippen LogP contribution in [0.3, 0.4) is 0 Å². The number of rotatable bonds is 6. The number of esters is 1. The summed E-state index contributed by atoms with van der Waals surface area (Å²) in [6.45, 7) is 13.6. The Hall–Kier alpha value is -2.89. The van der Waals surface area contributed by atoms with Gasteiger partial charge in [0, 0.05) is 23.4 Å². The summed E-state index contributed by atoms with van der Waals surface area (Å²) in [5.74, 6) is 0.273. The first-order valence-electron chi connectivity index (χ1n) is 12.5. The molecule has 1 N–H and O–H groups in total. The number of aromatic nitrogens is 2. The lowest BCUT2D eigenvalue weighted by Crippen LogP contribution is -2.35. The summed E-state index contributed by atoms with van der Waals surface area (Å²) >= 11 is 0. The molecule has 3 aromatic rings. The summed E-state index contributed by atoms with van der Waals surface area (Å²) in [6.07, 6.45) is 2.98. The molecule has 4 rings (SSSR count). The maximum Gasteiger partial charge on any atom is 0.310 e. The quantitative estimate of drug-likeness (QED) is 0.371. The minimum absolute atomic E-state index is 0.117. The number of carbonyl (C=O) groups is 1. The van der Waals surface area contributed by atoms with Gasteiger partial charge in [0.2, 0.25) is 5.95 Å². The minimum Gasteiger partial charge on any atom is -0.469 e. The lowest BCUT2D eigenvalue weighted by molar-refractivity contribution is -0.139. The summed E-state index contributed by atoms with van der Waals surface area (Å²) in [5, 5.41) is 3.51. The van der Waals surface area contributed by atoms with E-state index >= 15 is 4.39 Å². The van der Waals surface area contributed by atoms with E-state index in [0.717, 1.165) is 30.5 Å². The summed E-state index contributed by atoms with van der Waals surface area (Å²) in [6, 6.07) is 11.8. The molecule has 2 aromatic carbocycles. The van der Waals surface area contributed by atoms with Gasteiger partial charge in [0.25, 0.3) is 0 Å². The number of fused-ring (bicyclic) bond motifs is 1. The van der Waals surface area contributed by atoms with E-state index in [1.165, 1.54) is 18.7 Å². The third-order valence-electron chi connectivity index (χ3n) is 7.15. The van der Waals surface area contributed by atoms with Gasteiger partial charge in [-0.3, -0.25) is 4.79 Å². The molecule has 0 amide bonds. The molecule has 0 saturated heterocycles. The van der Waals surface area contributed by atoms with Gasteiger partial charge >= 0.3 is 5.97 Å². The van der Waals surface area contributed by atoms with Crippen LogP contribution in [0.25, 0.3) is 11.0 Å². The number of nitrogens with one attached hydrogen (secondary N) is 1. The van der Waals surface area contributed by atoms with Gasteiger partial charge in [0.05, 0.1) is 24.6 Å². The van der Waals surface area contributed by atoms with Crippen LogP contribution in [0.15, 0.2) is 36.4 Å². The zero-order chi connectivity index (χ0) is 25.5. The van der Waals surface area contributed by atoms with Crippen molar-refractivity contribution < 1.29 is 13.9 Å². The van der Waals surface area contributed by atoms with Crippen molar-refractivity contribution in [2.24, 2.45) is 10.8 Å². The normalized spacial score (nSPS) is 17.6. The second-order valence-electron chi connectivity index (χ2n) is 12.0. The third-order valence-corrected chi connectivity index (χ3v) is 7.15. The second kappa shape index (κ2) is 9.29. The number of benzene rings is 2. The van der Waals surface area contributed by atoms with Crippen LogP contribution >= 0.6 is 0 Å². The highest BCUT2D eigenvalue weighted by atomic mass is 19.1. The highest BCUT2D eigenvalue weighted by Crippen LogP contribution is 2.51. The van der Waals surface area contributed by atoms with E-state index in [0.29, 0.717) is 22.9 Å². The molecule has 0 bridgehead atoms. The molecule has 0 radical (unpaired) electrons. The van der Waals surface area contributed by atoms with Gasteiger partial charge in [-0.05, 0) is 59.8 Å². The van der Waals surface area contributed by atoms with Crippen LogP contribution in [-0.4, -0.2) is 22.6 Å². The number of imidazole rings is 1. The second-order valence-corrected chi connectivity index (χ2v) is 12.0. The van der Waals surface area contributed by atoms with E-state index in [1.54, 1.807) is 6.07 Å². The number of hydrogen-bond donors (Lipinski definition) is 1. The standard InChI is InChI=1S/C29H38FN3O2/c1-18(2)19-8-10-21(11-9-19)31-27-32-24-12-20(13-26(34)35-7)23(30)14-25(24)33(27)22-15-28(3,4)17-29(5,6)16-22/h8-12,14,18,22H,13,15-17H2,1-7H3,(H,31,32). The van der Waals surface area contributed by atoms with Crippen molar-refractivity contribution in [1.29, 1.82) is 0 Å². The van der Waals surface area contributed by atoms with Crippen molar-refractivity contribution in [1.82, 2.24) is 9.55 Å². The molecule has 1 aliphatic carbocycles. The fourth-order valence-corrected chi connectivity index (χ4v) is 6.03. The Labute approximate surface area is 208 Å². The number of carbonyl (C=O) groups excluding carboxylic acids is 1. The lowest BCUT2D eigenvalue weighted by atomic mass is 9.63. The Morgan fingerprint density at radius 1 is 1.14 bits per heavy atom. The SMILES string of the molecule is COC(=O)Cc1cc2nc(Nc3ccc(C(C)C)cc3)n(C3CC(C)(C)CC(C)(C)C3)c2cc1F. The Morgan fingerprint density at radius 3 is 2.34 bits per heavy atom. The maximum absolute atomic E-state index is 15.2. The molecule has 1 heterocycles. The fraction of sp³-hybridized carbons (Fsp3) is 0.517. The van der Waals surface area contributed by atoms with E-state index in [-0.39, 0.29) is 23.3 Å².